The molecule has 1 saturated heterocycles. The highest BCUT2D eigenvalue weighted by molar-refractivity contribution is 5.94. The van der Waals surface area contributed by atoms with E-state index in [4.69, 9.17) is 14.7 Å². The zero-order chi connectivity index (χ0) is 17.3. The number of nitrogens with one attached hydrogen (secondary N) is 1. The molecular weight excluding hydrogens is 312 g/mol. The number of benzene rings is 1. The van der Waals surface area contributed by atoms with Crippen molar-refractivity contribution in [3.8, 4) is 5.75 Å². The van der Waals surface area contributed by atoms with Crippen molar-refractivity contribution in [2.75, 3.05) is 26.4 Å². The molecule has 1 atom stereocenters. The first-order chi connectivity index (χ1) is 11.5. The van der Waals surface area contributed by atoms with Crippen molar-refractivity contribution in [1.29, 1.82) is 0 Å². The normalized spacial score (nSPS) is 20.7. The number of nitrogens with zero attached hydrogens (tertiary/aromatic N) is 1. The summed E-state index contributed by atoms with van der Waals surface area (Å²) in [4.78, 5) is 26.3. The molecule has 1 fully saturated rings. The highest BCUT2D eigenvalue weighted by Gasteiger charge is 2.38. The summed E-state index contributed by atoms with van der Waals surface area (Å²) in [6.45, 7) is 5.93. The molecule has 0 saturated carbocycles. The molecule has 0 aliphatic carbocycles. The summed E-state index contributed by atoms with van der Waals surface area (Å²) in [6, 6.07) is 4.91. The van der Waals surface area contributed by atoms with Crippen molar-refractivity contribution in [2.45, 2.75) is 19.9 Å². The SMILES string of the molecule is CC(C)[C@H]1c2ccc(C(=O)NO)cc2OCCN1C(=O)C1COC1. The largest absolute Gasteiger partial charge is 0.491 e. The molecule has 1 aromatic rings. The number of ether oxygens (including phenoxy) is 2. The molecule has 0 radical (unpaired) electrons. The van der Waals surface area contributed by atoms with E-state index in [0.717, 1.165) is 5.56 Å². The van der Waals surface area contributed by atoms with Crippen molar-refractivity contribution in [1.82, 2.24) is 10.4 Å². The summed E-state index contributed by atoms with van der Waals surface area (Å²) in [7, 11) is 0. The van der Waals surface area contributed by atoms with Gasteiger partial charge in [0, 0.05) is 11.1 Å². The van der Waals surface area contributed by atoms with E-state index in [1.807, 2.05) is 4.90 Å². The summed E-state index contributed by atoms with van der Waals surface area (Å²) in [5.41, 5.74) is 2.81. The van der Waals surface area contributed by atoms with E-state index >= 15 is 0 Å². The molecule has 1 aromatic carbocycles. The monoisotopic (exact) mass is 334 g/mol. The number of hydrogen-bond donors (Lipinski definition) is 2. The standard InChI is InChI=1S/C17H22N2O5/c1-10(2)15-13-4-3-11(16(20)18-22)7-14(13)24-6-5-19(15)17(21)12-8-23-9-12/h3-4,7,10,12,15,22H,5-6,8-9H2,1-2H3,(H,18,20)/t15-/m0/s1. The van der Waals surface area contributed by atoms with E-state index in [-0.39, 0.29) is 23.8 Å². The van der Waals surface area contributed by atoms with Crippen LogP contribution < -0.4 is 10.2 Å². The van der Waals surface area contributed by atoms with Crippen LogP contribution in [0, 0.1) is 11.8 Å². The number of hydrogen-bond acceptors (Lipinski definition) is 5. The Morgan fingerprint density at radius 1 is 1.33 bits per heavy atom. The van der Waals surface area contributed by atoms with Gasteiger partial charge in [-0.3, -0.25) is 14.8 Å². The maximum atomic E-state index is 12.8. The quantitative estimate of drug-likeness (QED) is 0.644. The average Bonchev–Trinajstić information content (AvgIpc) is 2.70. The van der Waals surface area contributed by atoms with Crippen LogP contribution in [0.2, 0.25) is 0 Å². The average molecular weight is 334 g/mol. The van der Waals surface area contributed by atoms with Gasteiger partial charge in [-0.05, 0) is 18.1 Å². The van der Waals surface area contributed by atoms with Crippen LogP contribution in [-0.4, -0.2) is 48.3 Å². The molecule has 2 amide bonds. The molecule has 0 aromatic heterocycles. The van der Waals surface area contributed by atoms with Gasteiger partial charge in [-0.2, -0.15) is 0 Å². The zero-order valence-corrected chi connectivity index (χ0v) is 13.8. The minimum atomic E-state index is -0.591. The zero-order valence-electron chi connectivity index (χ0n) is 13.8. The first-order valence-corrected chi connectivity index (χ1v) is 8.12. The predicted octanol–water partition coefficient (Wildman–Crippen LogP) is 1.37. The van der Waals surface area contributed by atoms with Crippen LogP contribution in [-0.2, 0) is 9.53 Å². The van der Waals surface area contributed by atoms with Crippen molar-refractivity contribution in [3.63, 3.8) is 0 Å². The minimum Gasteiger partial charge on any atom is -0.491 e. The lowest BCUT2D eigenvalue weighted by atomic mass is 9.91. The number of amides is 2. The number of carbonyl (C=O) groups excluding carboxylic acids is 2. The summed E-state index contributed by atoms with van der Waals surface area (Å²) in [6.07, 6.45) is 0. The highest BCUT2D eigenvalue weighted by atomic mass is 16.5. The molecule has 24 heavy (non-hydrogen) atoms. The molecule has 2 aliphatic heterocycles. The third kappa shape index (κ3) is 2.97. The van der Waals surface area contributed by atoms with Gasteiger partial charge >= 0.3 is 0 Å². The molecule has 0 unspecified atom stereocenters. The third-order valence-corrected chi connectivity index (χ3v) is 4.52. The van der Waals surface area contributed by atoms with Crippen LogP contribution in [0.5, 0.6) is 5.75 Å². The van der Waals surface area contributed by atoms with Crippen molar-refractivity contribution in [2.24, 2.45) is 11.8 Å². The Labute approximate surface area is 140 Å². The van der Waals surface area contributed by atoms with E-state index in [0.29, 0.717) is 37.7 Å². The van der Waals surface area contributed by atoms with Gasteiger partial charge in [0.2, 0.25) is 5.91 Å². The molecule has 2 N–H and O–H groups in total. The fourth-order valence-corrected chi connectivity index (χ4v) is 3.25. The molecule has 7 heteroatoms. The number of hydroxylamine groups is 1. The Hall–Kier alpha value is -2.12. The highest BCUT2D eigenvalue weighted by Crippen LogP contribution is 2.38. The van der Waals surface area contributed by atoms with Crippen molar-refractivity contribution in [3.05, 3.63) is 29.3 Å². The second kappa shape index (κ2) is 6.78. The van der Waals surface area contributed by atoms with E-state index < -0.39 is 5.91 Å². The van der Waals surface area contributed by atoms with Crippen molar-refractivity contribution >= 4 is 11.8 Å². The van der Waals surface area contributed by atoms with Crippen LogP contribution in [0.4, 0.5) is 0 Å². The summed E-state index contributed by atoms with van der Waals surface area (Å²) in [5.74, 6) is 0.190. The lowest BCUT2D eigenvalue weighted by Gasteiger charge is -2.37. The molecule has 130 valence electrons. The van der Waals surface area contributed by atoms with E-state index in [2.05, 4.69) is 13.8 Å². The molecular formula is C17H22N2O5. The summed E-state index contributed by atoms with van der Waals surface area (Å²) < 4.78 is 10.9. The molecule has 7 nitrogen and oxygen atoms in total. The molecule has 0 bridgehead atoms. The van der Waals surface area contributed by atoms with Gasteiger partial charge in [-0.25, -0.2) is 5.48 Å². The minimum absolute atomic E-state index is 0.0766. The van der Waals surface area contributed by atoms with Crippen LogP contribution in [0.15, 0.2) is 18.2 Å². The Balaban J connectivity index is 1.96. The third-order valence-electron chi connectivity index (χ3n) is 4.52. The first kappa shape index (κ1) is 16.7. The maximum absolute atomic E-state index is 12.8. The number of carbonyl (C=O) groups is 2. The number of fused-ring (bicyclic) bond motifs is 1. The molecule has 2 aliphatic rings. The van der Waals surface area contributed by atoms with Gasteiger partial charge in [0.25, 0.3) is 5.91 Å². The second-order valence-electron chi connectivity index (χ2n) is 6.50. The number of rotatable bonds is 3. The van der Waals surface area contributed by atoms with Gasteiger partial charge in [-0.1, -0.05) is 19.9 Å². The van der Waals surface area contributed by atoms with Crippen LogP contribution in [0.25, 0.3) is 0 Å². The van der Waals surface area contributed by atoms with Gasteiger partial charge in [-0.15, -0.1) is 0 Å². The Kier molecular flexibility index (Phi) is 4.73. The Morgan fingerprint density at radius 3 is 2.67 bits per heavy atom. The lowest BCUT2D eigenvalue weighted by Crippen LogP contribution is -2.47. The maximum Gasteiger partial charge on any atom is 0.274 e. The summed E-state index contributed by atoms with van der Waals surface area (Å²) >= 11 is 0. The molecule has 2 heterocycles. The van der Waals surface area contributed by atoms with Crippen LogP contribution in [0.3, 0.4) is 0 Å². The lowest BCUT2D eigenvalue weighted by molar-refractivity contribution is -0.153. The van der Waals surface area contributed by atoms with Crippen molar-refractivity contribution < 1.29 is 24.3 Å². The second-order valence-corrected chi connectivity index (χ2v) is 6.50. The fraction of sp³-hybridized carbons (Fsp3) is 0.529. The molecule has 0 spiro atoms. The van der Waals surface area contributed by atoms with Gasteiger partial charge in [0.15, 0.2) is 0 Å². The molecule has 3 rings (SSSR count). The van der Waals surface area contributed by atoms with Gasteiger partial charge in [0.1, 0.15) is 12.4 Å². The van der Waals surface area contributed by atoms with Crippen LogP contribution in [0.1, 0.15) is 35.8 Å². The first-order valence-electron chi connectivity index (χ1n) is 8.12. The van der Waals surface area contributed by atoms with Gasteiger partial charge < -0.3 is 14.4 Å². The van der Waals surface area contributed by atoms with E-state index in [1.165, 1.54) is 0 Å². The Morgan fingerprint density at radius 2 is 2.08 bits per heavy atom. The van der Waals surface area contributed by atoms with E-state index in [9.17, 15) is 9.59 Å². The topological polar surface area (TPSA) is 88.1 Å². The van der Waals surface area contributed by atoms with Gasteiger partial charge in [0.05, 0.1) is 31.7 Å². The Bertz CT molecular complexity index is 642. The smallest absolute Gasteiger partial charge is 0.274 e. The fourth-order valence-electron chi connectivity index (χ4n) is 3.25. The van der Waals surface area contributed by atoms with E-state index in [1.54, 1.807) is 23.7 Å². The van der Waals surface area contributed by atoms with Crippen LogP contribution >= 0.6 is 0 Å². The summed E-state index contributed by atoms with van der Waals surface area (Å²) in [5, 5.41) is 8.79. The predicted molar refractivity (Wildman–Crippen MR) is 84.8 cm³/mol.